The molecule has 1 aromatic carbocycles. The van der Waals surface area contributed by atoms with Crippen LogP contribution in [0.2, 0.25) is 0 Å². The van der Waals surface area contributed by atoms with E-state index in [1.165, 1.54) is 34.1 Å². The smallest absolute Gasteiger partial charge is 0.356 e. The summed E-state index contributed by atoms with van der Waals surface area (Å²) in [6.45, 7) is 0.106. The number of carbonyl (C=O) groups excluding carboxylic acids is 2. The number of thiol groups is 1. The molecule has 0 bridgehead atoms. The third kappa shape index (κ3) is 3.04. The molecule has 2 fully saturated rings. The molecule has 164 valence electrons. The number of ether oxygens (including phenoxy) is 1. The Morgan fingerprint density at radius 3 is 2.53 bits per heavy atom. The Balaban J connectivity index is 1.42. The summed E-state index contributed by atoms with van der Waals surface area (Å²) in [7, 11) is 0. The lowest BCUT2D eigenvalue weighted by Crippen LogP contribution is -2.70. The Kier molecular flexibility index (Phi) is 4.70. The first kappa shape index (κ1) is 20.2. The van der Waals surface area contributed by atoms with Crippen LogP contribution in [0, 0.1) is 0 Å². The van der Waals surface area contributed by atoms with E-state index in [0.29, 0.717) is 11.3 Å². The number of nitrogens with zero attached hydrogens (tertiary/aromatic N) is 3. The lowest BCUT2D eigenvalue weighted by Gasteiger charge is -2.49. The van der Waals surface area contributed by atoms with Crippen molar-refractivity contribution < 1.29 is 29.3 Å². The Labute approximate surface area is 187 Å². The van der Waals surface area contributed by atoms with Crippen LogP contribution in [0.3, 0.4) is 0 Å². The van der Waals surface area contributed by atoms with Gasteiger partial charge in [0.05, 0.1) is 11.8 Å². The lowest BCUT2D eigenvalue weighted by molar-refractivity contribution is -0.160. The molecule has 2 aromatic rings. The molecule has 0 radical (unpaired) electrons. The number of nitrogens with one attached hydrogen (secondary N) is 1. The second kappa shape index (κ2) is 7.45. The van der Waals surface area contributed by atoms with Crippen molar-refractivity contribution in [3.8, 4) is 5.75 Å². The zero-order valence-electron chi connectivity index (χ0n) is 16.5. The van der Waals surface area contributed by atoms with Crippen LogP contribution in [-0.4, -0.2) is 67.6 Å². The van der Waals surface area contributed by atoms with Gasteiger partial charge in [0.25, 0.3) is 5.91 Å². The zero-order valence-corrected chi connectivity index (χ0v) is 17.3. The minimum Gasteiger partial charge on any atom is -0.508 e. The second-order valence-electron chi connectivity index (χ2n) is 7.63. The van der Waals surface area contributed by atoms with Crippen LogP contribution in [0.25, 0.3) is 0 Å². The second-order valence-corrected chi connectivity index (χ2v) is 8.15. The van der Waals surface area contributed by atoms with Crippen LogP contribution in [0.4, 0.5) is 10.5 Å². The topological polar surface area (TPSA) is 132 Å². The van der Waals surface area contributed by atoms with Crippen molar-refractivity contribution in [2.24, 2.45) is 0 Å². The van der Waals surface area contributed by atoms with Crippen molar-refractivity contribution in [2.45, 2.75) is 23.4 Å². The summed E-state index contributed by atoms with van der Waals surface area (Å²) in [4.78, 5) is 44.4. The lowest BCUT2D eigenvalue weighted by atomic mass is 9.90. The van der Waals surface area contributed by atoms with Gasteiger partial charge in [0, 0.05) is 18.1 Å². The highest BCUT2D eigenvalue weighted by atomic mass is 32.1. The van der Waals surface area contributed by atoms with E-state index in [-0.39, 0.29) is 23.8 Å². The Morgan fingerprint density at radius 2 is 1.88 bits per heavy atom. The van der Waals surface area contributed by atoms with E-state index in [4.69, 9.17) is 4.74 Å². The molecule has 5 rings (SSSR count). The molecule has 0 spiro atoms. The molecule has 4 heterocycles. The van der Waals surface area contributed by atoms with Gasteiger partial charge in [0.1, 0.15) is 29.7 Å². The molecule has 3 aliphatic heterocycles. The fraction of sp³-hybridized carbons (Fsp3) is 0.238. The average molecular weight is 454 g/mol. The highest BCUT2D eigenvalue weighted by Crippen LogP contribution is 2.47. The number of benzene rings is 1. The number of aromatic nitrogens is 1. The number of hydrogen-bond acceptors (Lipinski definition) is 7. The van der Waals surface area contributed by atoms with Gasteiger partial charge in [-0.3, -0.25) is 14.7 Å². The first-order chi connectivity index (χ1) is 15.4. The van der Waals surface area contributed by atoms with Crippen LogP contribution >= 0.6 is 12.6 Å². The molecule has 10 nitrogen and oxygen atoms in total. The molecule has 1 aromatic heterocycles. The van der Waals surface area contributed by atoms with Gasteiger partial charge in [0.15, 0.2) is 5.70 Å². The number of carboxylic acids is 1. The molecule has 3 N–H and O–H groups in total. The Bertz CT molecular complexity index is 1140. The van der Waals surface area contributed by atoms with E-state index in [1.54, 1.807) is 24.5 Å². The number of carboxylic acid groups (broad SMARTS) is 1. The summed E-state index contributed by atoms with van der Waals surface area (Å²) >= 11 is 4.55. The average Bonchev–Trinajstić information content (AvgIpc) is 3.16. The van der Waals surface area contributed by atoms with Crippen LogP contribution in [0.5, 0.6) is 5.75 Å². The van der Waals surface area contributed by atoms with Gasteiger partial charge in [-0.05, 0) is 42.0 Å². The third-order valence-electron chi connectivity index (χ3n) is 5.81. The highest BCUT2D eigenvalue weighted by molar-refractivity contribution is 7.80. The van der Waals surface area contributed by atoms with Crippen molar-refractivity contribution in [1.29, 1.82) is 0 Å². The number of aromatic hydroxyl groups is 1. The summed E-state index contributed by atoms with van der Waals surface area (Å²) in [6, 6.07) is 7.39. The van der Waals surface area contributed by atoms with Gasteiger partial charge in [-0.15, -0.1) is 0 Å². The molecular weight excluding hydrogens is 436 g/mol. The number of hydrogen-bond donors (Lipinski definition) is 4. The van der Waals surface area contributed by atoms with Gasteiger partial charge < -0.3 is 25.2 Å². The molecule has 4 atom stereocenters. The first-order valence-corrected chi connectivity index (χ1v) is 10.3. The van der Waals surface area contributed by atoms with Crippen molar-refractivity contribution >= 4 is 36.2 Å². The number of amides is 3. The summed E-state index contributed by atoms with van der Waals surface area (Å²) in [5.41, 5.74) is 0.857. The maximum atomic E-state index is 13.0. The van der Waals surface area contributed by atoms with E-state index < -0.39 is 41.3 Å². The number of aliphatic carboxylic acids is 1. The fourth-order valence-corrected chi connectivity index (χ4v) is 4.71. The number of phenols is 1. The van der Waals surface area contributed by atoms with Crippen molar-refractivity contribution in [3.05, 3.63) is 65.8 Å². The van der Waals surface area contributed by atoms with E-state index >= 15 is 0 Å². The van der Waals surface area contributed by atoms with Gasteiger partial charge in [-0.25, -0.2) is 9.59 Å². The number of anilines is 1. The standard InChI is InChI=1S/C21H18N4O6S/c26-12-3-1-11(2-4-12)23-21(30)24-9-13-14-15(24)19(27)25(14)16(20(28)29)17(31-13)18(32)10-5-7-22-8-6-10/h1-8,13-15,18,26,32H,9H2,(H,23,30)(H,28,29)/t13-,14-,15+,18?/m1/s1. The minimum absolute atomic E-state index is 0.0564. The number of likely N-dealkylation sites (tertiary alicyclic amines) is 1. The molecule has 0 aliphatic carbocycles. The number of pyridine rings is 1. The number of phenolic OH excluding ortho intramolecular Hbond substituents is 1. The van der Waals surface area contributed by atoms with Gasteiger partial charge in [-0.1, -0.05) is 0 Å². The van der Waals surface area contributed by atoms with Crippen LogP contribution in [0.15, 0.2) is 60.2 Å². The molecule has 2 saturated heterocycles. The largest absolute Gasteiger partial charge is 0.508 e. The summed E-state index contributed by atoms with van der Waals surface area (Å²) in [5.74, 6) is -1.67. The quantitative estimate of drug-likeness (QED) is 0.313. The van der Waals surface area contributed by atoms with Crippen molar-refractivity contribution in [1.82, 2.24) is 14.8 Å². The molecule has 1 unspecified atom stereocenters. The molecule has 3 aliphatic rings. The minimum atomic E-state index is -1.30. The van der Waals surface area contributed by atoms with Gasteiger partial charge in [-0.2, -0.15) is 12.6 Å². The third-order valence-corrected chi connectivity index (χ3v) is 6.34. The zero-order chi connectivity index (χ0) is 22.6. The molecule has 11 heteroatoms. The van der Waals surface area contributed by atoms with E-state index in [2.05, 4.69) is 22.9 Å². The van der Waals surface area contributed by atoms with Crippen molar-refractivity contribution in [2.75, 3.05) is 11.9 Å². The van der Waals surface area contributed by atoms with E-state index in [0.717, 1.165) is 0 Å². The maximum Gasteiger partial charge on any atom is 0.356 e. The predicted molar refractivity (Wildman–Crippen MR) is 114 cm³/mol. The first-order valence-electron chi connectivity index (χ1n) is 9.78. The Morgan fingerprint density at radius 1 is 1.19 bits per heavy atom. The van der Waals surface area contributed by atoms with E-state index in [1.807, 2.05) is 0 Å². The van der Waals surface area contributed by atoms with E-state index in [9.17, 15) is 24.6 Å². The number of urea groups is 1. The molecule has 32 heavy (non-hydrogen) atoms. The molecular formula is C21H18N4O6S. The maximum absolute atomic E-state index is 13.0. The number of carbonyl (C=O) groups is 3. The monoisotopic (exact) mass is 454 g/mol. The summed E-state index contributed by atoms with van der Waals surface area (Å²) in [5, 5.41) is 21.2. The van der Waals surface area contributed by atoms with Crippen LogP contribution in [0.1, 0.15) is 10.8 Å². The van der Waals surface area contributed by atoms with Gasteiger partial charge >= 0.3 is 12.0 Å². The predicted octanol–water partition coefficient (Wildman–Crippen LogP) is 1.58. The normalized spacial score (nSPS) is 24.4. The van der Waals surface area contributed by atoms with Crippen LogP contribution in [-0.2, 0) is 14.3 Å². The summed E-state index contributed by atoms with van der Waals surface area (Å²) in [6.07, 6.45) is 2.53. The fourth-order valence-electron chi connectivity index (χ4n) is 4.35. The Hall–Kier alpha value is -3.73. The summed E-state index contributed by atoms with van der Waals surface area (Å²) < 4.78 is 6.05. The highest BCUT2D eigenvalue weighted by Gasteiger charge is 2.66. The molecule has 0 saturated carbocycles. The van der Waals surface area contributed by atoms with Crippen molar-refractivity contribution in [3.63, 3.8) is 0 Å². The number of rotatable bonds is 4. The SMILES string of the molecule is O=C(O)C1=C(C(S)c2ccncc2)O[C@@H]2CN(C(=O)Nc3ccc(O)cc3)[C@@H]3C(=O)N1[C@@H]32. The van der Waals surface area contributed by atoms with Crippen LogP contribution < -0.4 is 5.32 Å². The molecule has 3 amide bonds. The van der Waals surface area contributed by atoms with Gasteiger partial charge in [0.2, 0.25) is 0 Å². The number of β-lactam (4-membered cyclic amide) rings is 1.